The zero-order valence-corrected chi connectivity index (χ0v) is 13.9. The molecule has 1 fully saturated rings. The molecule has 21 heavy (non-hydrogen) atoms. The number of carbonyl (C=O) groups is 1. The number of nitrogens with zero attached hydrogens (tertiary/aromatic N) is 2. The second-order valence-corrected chi connectivity index (χ2v) is 5.64. The smallest absolute Gasteiger partial charge is 0.242 e. The molecule has 0 aromatic heterocycles. The average molecular weight is 306 g/mol. The Morgan fingerprint density at radius 1 is 1.38 bits per heavy atom. The number of benzene rings is 1. The maximum Gasteiger partial charge on any atom is 0.242 e. The second-order valence-electron chi connectivity index (χ2n) is 5.25. The van der Waals surface area contributed by atoms with Gasteiger partial charge in [0.25, 0.3) is 0 Å². The number of hydrogen-bond donors (Lipinski definition) is 0. The first-order valence-corrected chi connectivity index (χ1v) is 7.62. The number of hydrazine groups is 1. The van der Waals surface area contributed by atoms with Crippen LogP contribution in [-0.2, 0) is 16.1 Å². The fraction of sp³-hybridized carbons (Fsp3) is 0.500. The lowest BCUT2D eigenvalue weighted by molar-refractivity contribution is -0.133. The van der Waals surface area contributed by atoms with Crippen LogP contribution in [0.2, 0.25) is 0 Å². The quantitative estimate of drug-likeness (QED) is 0.801. The van der Waals surface area contributed by atoms with E-state index >= 15 is 0 Å². The summed E-state index contributed by atoms with van der Waals surface area (Å²) in [6, 6.07) is 4.11. The number of ether oxygens (including phenoxy) is 1. The Hall–Kier alpha value is -1.46. The summed E-state index contributed by atoms with van der Waals surface area (Å²) in [5.41, 5.74) is 4.52. The van der Waals surface area contributed by atoms with Gasteiger partial charge in [0, 0.05) is 32.2 Å². The van der Waals surface area contributed by atoms with E-state index in [2.05, 4.69) is 19.9 Å². The maximum absolute atomic E-state index is 11.9. The number of aryl methyl sites for hydroxylation is 1. The third-order valence-corrected chi connectivity index (χ3v) is 4.43. The topological polar surface area (TPSA) is 32.8 Å². The Balaban J connectivity index is 2.36. The summed E-state index contributed by atoms with van der Waals surface area (Å²) in [6.07, 6.45) is 0.532. The van der Waals surface area contributed by atoms with Crippen molar-refractivity contribution in [3.63, 3.8) is 0 Å². The Bertz CT molecular complexity index is 572. The number of hydrogen-bond acceptors (Lipinski definition) is 3. The van der Waals surface area contributed by atoms with Gasteiger partial charge in [0.2, 0.25) is 5.91 Å². The first kappa shape index (κ1) is 15.9. The normalized spacial score (nSPS) is 15.0. The Kier molecular flexibility index (Phi) is 4.96. The number of carbonyl (C=O) groups excluding carboxylic acids is 1. The van der Waals surface area contributed by atoms with Gasteiger partial charge in [-0.2, -0.15) is 0 Å². The van der Waals surface area contributed by atoms with Crippen LogP contribution < -0.4 is 0 Å². The van der Waals surface area contributed by atoms with Gasteiger partial charge in [-0.05, 0) is 37.5 Å². The summed E-state index contributed by atoms with van der Waals surface area (Å²) < 4.78 is 5.29. The summed E-state index contributed by atoms with van der Waals surface area (Å²) in [6.45, 7) is 8.00. The van der Waals surface area contributed by atoms with Crippen molar-refractivity contribution in [1.82, 2.24) is 10.0 Å². The molecule has 1 saturated heterocycles. The summed E-state index contributed by atoms with van der Waals surface area (Å²) in [7, 11) is 1.70. The van der Waals surface area contributed by atoms with Crippen LogP contribution in [0.15, 0.2) is 12.1 Å². The van der Waals surface area contributed by atoms with E-state index in [-0.39, 0.29) is 5.91 Å². The lowest BCUT2D eigenvalue weighted by Crippen LogP contribution is -2.42. The minimum atomic E-state index is 0.140. The van der Waals surface area contributed by atoms with Crippen molar-refractivity contribution in [2.75, 3.05) is 20.2 Å². The van der Waals surface area contributed by atoms with Crippen LogP contribution in [0.5, 0.6) is 0 Å². The fourth-order valence-corrected chi connectivity index (χ4v) is 3.18. The minimum absolute atomic E-state index is 0.140. The van der Waals surface area contributed by atoms with Crippen molar-refractivity contribution in [3.05, 3.63) is 34.4 Å². The van der Waals surface area contributed by atoms with Gasteiger partial charge in [0.15, 0.2) is 0 Å². The highest BCUT2D eigenvalue weighted by atomic mass is 32.1. The number of methoxy groups -OCH3 is 1. The van der Waals surface area contributed by atoms with Crippen LogP contribution in [0, 0.1) is 13.8 Å². The average Bonchev–Trinajstić information content (AvgIpc) is 2.83. The highest BCUT2D eigenvalue weighted by molar-refractivity contribution is 7.80. The Morgan fingerprint density at radius 3 is 2.71 bits per heavy atom. The summed E-state index contributed by atoms with van der Waals surface area (Å²) in [5, 5.41) is 3.66. The zero-order chi connectivity index (χ0) is 15.6. The van der Waals surface area contributed by atoms with Gasteiger partial charge in [0.05, 0.1) is 6.61 Å². The standard InChI is InChI=1S/C16H22N2O2S/c1-5-17-15(19)8-9-18(17)16(21)13-7-6-11(2)14(10-20-4)12(13)3/h6-7H,5,8-10H2,1-4H3. The second kappa shape index (κ2) is 6.54. The molecule has 0 atom stereocenters. The van der Waals surface area contributed by atoms with Gasteiger partial charge in [-0.1, -0.05) is 24.4 Å². The molecule has 1 heterocycles. The fourth-order valence-electron chi connectivity index (χ4n) is 2.77. The molecule has 4 nitrogen and oxygen atoms in total. The van der Waals surface area contributed by atoms with Gasteiger partial charge < -0.3 is 4.74 Å². The van der Waals surface area contributed by atoms with Crippen LogP contribution in [0.3, 0.4) is 0 Å². The van der Waals surface area contributed by atoms with Crippen LogP contribution in [-0.4, -0.2) is 41.1 Å². The van der Waals surface area contributed by atoms with Crippen molar-refractivity contribution in [3.8, 4) is 0 Å². The number of amides is 1. The van der Waals surface area contributed by atoms with Gasteiger partial charge in [0.1, 0.15) is 4.99 Å². The molecule has 0 aliphatic carbocycles. The van der Waals surface area contributed by atoms with Crippen LogP contribution >= 0.6 is 12.2 Å². The van der Waals surface area contributed by atoms with Gasteiger partial charge >= 0.3 is 0 Å². The van der Waals surface area contributed by atoms with E-state index in [0.29, 0.717) is 26.1 Å². The lowest BCUT2D eigenvalue weighted by atomic mass is 9.98. The van der Waals surface area contributed by atoms with Crippen molar-refractivity contribution >= 4 is 23.1 Å². The van der Waals surface area contributed by atoms with Crippen molar-refractivity contribution in [2.24, 2.45) is 0 Å². The minimum Gasteiger partial charge on any atom is -0.380 e. The molecule has 0 N–H and O–H groups in total. The molecule has 1 aromatic rings. The van der Waals surface area contributed by atoms with Crippen LogP contribution in [0.1, 0.15) is 35.6 Å². The third kappa shape index (κ3) is 2.94. The molecule has 5 heteroatoms. The van der Waals surface area contributed by atoms with Crippen molar-refractivity contribution < 1.29 is 9.53 Å². The zero-order valence-electron chi connectivity index (χ0n) is 13.1. The van der Waals surface area contributed by atoms with E-state index in [1.165, 1.54) is 11.1 Å². The summed E-state index contributed by atoms with van der Waals surface area (Å²) in [5.74, 6) is 0.140. The molecule has 0 radical (unpaired) electrons. The van der Waals surface area contributed by atoms with E-state index in [1.807, 2.05) is 18.0 Å². The molecular formula is C16H22N2O2S. The van der Waals surface area contributed by atoms with Gasteiger partial charge in [-0.3, -0.25) is 14.8 Å². The highest BCUT2D eigenvalue weighted by Gasteiger charge is 2.30. The molecule has 1 amide bonds. The molecule has 2 rings (SSSR count). The summed E-state index contributed by atoms with van der Waals surface area (Å²) >= 11 is 5.64. The van der Waals surface area contributed by atoms with E-state index in [4.69, 9.17) is 17.0 Å². The predicted molar refractivity (Wildman–Crippen MR) is 87.0 cm³/mol. The molecule has 0 saturated carbocycles. The SMILES string of the molecule is CCN1C(=O)CCN1C(=S)c1ccc(C)c(COC)c1C. The Morgan fingerprint density at radius 2 is 2.10 bits per heavy atom. The predicted octanol–water partition coefficient (Wildman–Crippen LogP) is 2.59. The highest BCUT2D eigenvalue weighted by Crippen LogP contribution is 2.23. The molecule has 0 unspecified atom stereocenters. The molecule has 1 aliphatic rings. The lowest BCUT2D eigenvalue weighted by Gasteiger charge is -2.30. The first-order valence-electron chi connectivity index (χ1n) is 7.21. The van der Waals surface area contributed by atoms with Crippen molar-refractivity contribution in [2.45, 2.75) is 33.8 Å². The number of rotatable bonds is 4. The van der Waals surface area contributed by atoms with Gasteiger partial charge in [-0.25, -0.2) is 0 Å². The van der Waals surface area contributed by atoms with Crippen molar-refractivity contribution in [1.29, 1.82) is 0 Å². The maximum atomic E-state index is 11.9. The first-order chi connectivity index (χ1) is 10.0. The third-order valence-electron chi connectivity index (χ3n) is 4.00. The van der Waals surface area contributed by atoms with E-state index in [9.17, 15) is 4.79 Å². The molecule has 0 bridgehead atoms. The molecule has 1 aliphatic heterocycles. The molecule has 1 aromatic carbocycles. The van der Waals surface area contributed by atoms with E-state index in [1.54, 1.807) is 12.1 Å². The van der Waals surface area contributed by atoms with E-state index < -0.39 is 0 Å². The summed E-state index contributed by atoms with van der Waals surface area (Å²) in [4.78, 5) is 12.6. The molecule has 0 spiro atoms. The largest absolute Gasteiger partial charge is 0.380 e. The van der Waals surface area contributed by atoms with Gasteiger partial charge in [-0.15, -0.1) is 0 Å². The van der Waals surface area contributed by atoms with E-state index in [0.717, 1.165) is 16.1 Å². The number of thiocarbonyl (C=S) groups is 1. The Labute approximate surface area is 131 Å². The molecule has 114 valence electrons. The molecular weight excluding hydrogens is 284 g/mol. The van der Waals surface area contributed by atoms with Crippen LogP contribution in [0.4, 0.5) is 0 Å². The monoisotopic (exact) mass is 306 g/mol. The van der Waals surface area contributed by atoms with Crippen LogP contribution in [0.25, 0.3) is 0 Å².